The summed E-state index contributed by atoms with van der Waals surface area (Å²) in [5, 5.41) is 8.33. The first-order valence-corrected chi connectivity index (χ1v) is 32.4. The number of rotatable bonds is 4. The van der Waals surface area contributed by atoms with Crippen LogP contribution in [0.4, 0.5) is 28.4 Å². The summed E-state index contributed by atoms with van der Waals surface area (Å²) in [5.74, 6) is 0. The lowest BCUT2D eigenvalue weighted by Gasteiger charge is -2.44. The Morgan fingerprint density at radius 3 is 1.50 bits per heavy atom. The van der Waals surface area contributed by atoms with Gasteiger partial charge in [-0.2, -0.15) is 0 Å². The van der Waals surface area contributed by atoms with Gasteiger partial charge in [0.1, 0.15) is 0 Å². The van der Waals surface area contributed by atoms with Crippen LogP contribution in [-0.2, 0) is 48.7 Å². The van der Waals surface area contributed by atoms with E-state index in [1.54, 1.807) is 11.1 Å². The quantitative estimate of drug-likeness (QED) is 0.177. The molecule has 82 heavy (non-hydrogen) atoms. The molecule has 0 saturated heterocycles. The van der Waals surface area contributed by atoms with E-state index in [0.29, 0.717) is 0 Å². The fraction of sp³-hybridized carbons (Fsp3) is 0.462. The molecule has 1 N–H and O–H groups in total. The van der Waals surface area contributed by atoms with Gasteiger partial charge in [-0.05, 0) is 255 Å². The molecule has 0 saturated carbocycles. The van der Waals surface area contributed by atoms with E-state index in [1.165, 1.54) is 183 Å². The summed E-state index contributed by atoms with van der Waals surface area (Å²) in [6.07, 6.45) is 9.55. The summed E-state index contributed by atoms with van der Waals surface area (Å²) in [4.78, 5) is 2.80. The van der Waals surface area contributed by atoms with Crippen molar-refractivity contribution in [3.8, 4) is 22.3 Å². The van der Waals surface area contributed by atoms with Crippen molar-refractivity contribution >= 4 is 78.2 Å². The van der Waals surface area contributed by atoms with Crippen LogP contribution in [0, 0.1) is 6.92 Å². The van der Waals surface area contributed by atoms with Gasteiger partial charge < -0.3 is 10.2 Å². The number of fused-ring (bicyclic) bond motifs is 12. The zero-order valence-electron chi connectivity index (χ0n) is 53.5. The number of anilines is 5. The molecule has 0 radical (unpaired) electrons. The van der Waals surface area contributed by atoms with Crippen molar-refractivity contribution in [3.63, 3.8) is 0 Å². The van der Waals surface area contributed by atoms with E-state index in [0.717, 1.165) is 7.28 Å². The predicted octanol–water partition coefficient (Wildman–Crippen LogP) is 20.6. The molecule has 0 atom stereocenters. The first-order valence-electron chi connectivity index (χ1n) is 31.6. The summed E-state index contributed by atoms with van der Waals surface area (Å²) in [7, 11) is 0.861. The Morgan fingerprint density at radius 2 is 0.890 bits per heavy atom. The highest BCUT2D eigenvalue weighted by Crippen LogP contribution is 2.59. The highest BCUT2D eigenvalue weighted by Gasteiger charge is 2.46. The van der Waals surface area contributed by atoms with Crippen molar-refractivity contribution in [1.29, 1.82) is 0 Å². The monoisotopic (exact) mass is 1100 g/mol. The zero-order chi connectivity index (χ0) is 58.2. The molecular formula is C78H91BN2S. The Labute approximate surface area is 497 Å². The molecule has 2 nitrogen and oxygen atoms in total. The summed E-state index contributed by atoms with van der Waals surface area (Å²) < 4.78 is 2.88. The maximum atomic E-state index is 4.32. The Kier molecular flexibility index (Phi) is 11.3. The lowest BCUT2D eigenvalue weighted by atomic mass is 9.60. The van der Waals surface area contributed by atoms with E-state index in [9.17, 15) is 0 Å². The van der Waals surface area contributed by atoms with E-state index >= 15 is 0 Å². The normalized spacial score (nSPS) is 21.7. The highest BCUT2D eigenvalue weighted by atomic mass is 32.1. The van der Waals surface area contributed by atoms with Crippen molar-refractivity contribution in [2.75, 3.05) is 10.2 Å². The largest absolute Gasteiger partial charge is 0.355 e. The van der Waals surface area contributed by atoms with Gasteiger partial charge in [0.2, 0.25) is 7.28 Å². The van der Waals surface area contributed by atoms with Crippen LogP contribution >= 0.6 is 11.3 Å². The first-order chi connectivity index (χ1) is 38.2. The van der Waals surface area contributed by atoms with Crippen LogP contribution in [0.5, 0.6) is 0 Å². The minimum Gasteiger partial charge on any atom is -0.355 e. The van der Waals surface area contributed by atoms with Crippen molar-refractivity contribution < 1.29 is 0 Å². The van der Waals surface area contributed by atoms with Crippen molar-refractivity contribution in [2.45, 2.75) is 232 Å². The summed E-state index contributed by atoms with van der Waals surface area (Å²) in [6.45, 7) is 47.2. The molecule has 0 spiro atoms. The van der Waals surface area contributed by atoms with Gasteiger partial charge in [-0.15, -0.1) is 11.3 Å². The molecule has 0 bridgehead atoms. The van der Waals surface area contributed by atoms with Crippen LogP contribution < -0.4 is 20.5 Å². The lowest BCUT2D eigenvalue weighted by molar-refractivity contribution is 0.331. The topological polar surface area (TPSA) is 15.3 Å². The molecule has 0 unspecified atom stereocenters. The minimum absolute atomic E-state index is 0.0521. The van der Waals surface area contributed by atoms with Gasteiger partial charge in [0, 0.05) is 43.8 Å². The van der Waals surface area contributed by atoms with Crippen LogP contribution in [-0.4, -0.2) is 7.28 Å². The smallest absolute Gasteiger partial charge is 0.211 e. The Bertz CT molecular complexity index is 4100. The van der Waals surface area contributed by atoms with Gasteiger partial charge >= 0.3 is 0 Å². The molecule has 1 aromatic heterocycles. The first kappa shape index (κ1) is 54.4. The Balaban J connectivity index is 1.08. The van der Waals surface area contributed by atoms with E-state index in [-0.39, 0.29) is 48.7 Å². The maximum absolute atomic E-state index is 4.32. The minimum atomic E-state index is -0.219. The standard InChI is InChI=1S/C78H91BN2S/c1-44-34-55-60(76(14,15)32-28-71(55,4)5)42-63(44)81-64-35-45-22-20-21-23-47(45)66(67(64)79-69-68(81)51-39-58-61(43-65(51)82-69)77(16,17)33-30-74(58,10)11)50-38-53-49(40-62(50)80-46-24-25-52-56(36-46)72(6,7)27-26-70(52,2)3)48-37-57-59(41-54(48)78(53,18)19)75(12,13)31-29-73(57,8)9/h20-25,34-43,79-80H,26-33H2,1-19H3. The van der Waals surface area contributed by atoms with Gasteiger partial charge in [-0.1, -0.05) is 167 Å². The van der Waals surface area contributed by atoms with Crippen LogP contribution in [0.3, 0.4) is 0 Å². The molecule has 2 heterocycles. The van der Waals surface area contributed by atoms with E-state index < -0.39 is 0 Å². The average molecular weight is 1100 g/mol. The fourth-order valence-corrected chi connectivity index (χ4v) is 18.3. The molecule has 6 aliphatic rings. The van der Waals surface area contributed by atoms with E-state index in [2.05, 4.69) is 250 Å². The Morgan fingerprint density at radius 1 is 0.415 bits per heavy atom. The lowest BCUT2D eigenvalue weighted by Crippen LogP contribution is -2.40. The second-order valence-electron chi connectivity index (χ2n) is 32.9. The molecule has 14 rings (SSSR count). The van der Waals surface area contributed by atoms with Crippen LogP contribution in [0.25, 0.3) is 43.1 Å². The molecular weight excluding hydrogens is 1010 g/mol. The fourth-order valence-electron chi connectivity index (χ4n) is 17.1. The molecule has 5 aliphatic carbocycles. The molecule has 1 aliphatic heterocycles. The summed E-state index contributed by atoms with van der Waals surface area (Å²) in [6, 6.07) is 40.5. The van der Waals surface area contributed by atoms with Gasteiger partial charge in [0.25, 0.3) is 0 Å². The number of nitrogens with zero attached hydrogens (tertiary/aromatic N) is 1. The number of benzene rings is 7. The SMILES string of the molecule is Cc1cc2c(cc1N1c3cc4ccccc4c(-c4cc5c(cc4Nc4ccc6c(c4)C(C)(C)CCC6(C)C)-c4cc6c(cc4C5(C)C)C(C)(C)CCC6(C)C)c3Bc3sc4cc5c(cc4c31)C(C)(C)CCC5(C)C)C(C)(C)CCC2(C)C. The number of nitrogens with one attached hydrogen (secondary N) is 1. The second kappa shape index (κ2) is 17.1. The van der Waals surface area contributed by atoms with E-state index in [4.69, 9.17) is 0 Å². The molecule has 422 valence electrons. The van der Waals surface area contributed by atoms with Gasteiger partial charge in [0.15, 0.2) is 0 Å². The van der Waals surface area contributed by atoms with Crippen LogP contribution in [0.15, 0.2) is 97.1 Å². The van der Waals surface area contributed by atoms with Crippen LogP contribution in [0.2, 0.25) is 0 Å². The number of hydrogen-bond donors (Lipinski definition) is 1. The highest BCUT2D eigenvalue weighted by molar-refractivity contribution is 7.29. The van der Waals surface area contributed by atoms with Crippen molar-refractivity contribution in [1.82, 2.24) is 0 Å². The molecule has 7 aromatic carbocycles. The molecule has 4 heteroatoms. The van der Waals surface area contributed by atoms with Crippen molar-refractivity contribution in [3.05, 3.63) is 158 Å². The number of thiophene rings is 1. The zero-order valence-corrected chi connectivity index (χ0v) is 54.3. The summed E-state index contributed by atoms with van der Waals surface area (Å²) >= 11 is 2.06. The van der Waals surface area contributed by atoms with Crippen LogP contribution in [0.1, 0.15) is 237 Å². The summed E-state index contributed by atoms with van der Waals surface area (Å²) in [5.41, 5.74) is 30.2. The van der Waals surface area contributed by atoms with Gasteiger partial charge in [-0.3, -0.25) is 0 Å². The van der Waals surface area contributed by atoms with E-state index in [1.807, 2.05) is 0 Å². The molecule has 8 aromatic rings. The third kappa shape index (κ3) is 7.83. The number of hydrogen-bond acceptors (Lipinski definition) is 3. The molecule has 0 amide bonds. The maximum Gasteiger partial charge on any atom is 0.211 e. The molecule has 0 fully saturated rings. The van der Waals surface area contributed by atoms with Crippen molar-refractivity contribution in [2.24, 2.45) is 0 Å². The van der Waals surface area contributed by atoms with Gasteiger partial charge in [0.05, 0.1) is 5.69 Å². The second-order valence-corrected chi connectivity index (χ2v) is 34.0. The number of aryl methyl sites for hydroxylation is 1. The van der Waals surface area contributed by atoms with Gasteiger partial charge in [-0.25, -0.2) is 0 Å². The third-order valence-corrected chi connectivity index (χ3v) is 24.4. The Hall–Kier alpha value is -5.58. The predicted molar refractivity (Wildman–Crippen MR) is 359 cm³/mol. The average Bonchev–Trinajstić information content (AvgIpc) is 2.02. The third-order valence-electron chi connectivity index (χ3n) is 23.2.